The van der Waals surface area contributed by atoms with Crippen molar-refractivity contribution < 1.29 is 23.1 Å². The Kier molecular flexibility index (Phi) is 5.58. The van der Waals surface area contributed by atoms with Gasteiger partial charge in [0.1, 0.15) is 0 Å². The molecule has 17 heavy (non-hydrogen) atoms. The van der Waals surface area contributed by atoms with Crippen molar-refractivity contribution in [1.29, 1.82) is 0 Å². The molecule has 0 saturated heterocycles. The molecule has 2 N–H and O–H groups in total. The lowest BCUT2D eigenvalue weighted by Crippen LogP contribution is -2.36. The predicted octanol–water partition coefficient (Wildman–Crippen LogP) is 2.47. The zero-order chi connectivity index (χ0) is 12.9. The molecule has 0 unspecified atom stereocenters. The van der Waals surface area contributed by atoms with Gasteiger partial charge in [-0.05, 0) is 37.4 Å². The number of halogens is 3. The summed E-state index contributed by atoms with van der Waals surface area (Å²) in [5, 5.41) is 11.8. The van der Waals surface area contributed by atoms with Crippen molar-refractivity contribution >= 4 is 17.7 Å². The topological polar surface area (TPSA) is 49.3 Å². The fourth-order valence-electron chi connectivity index (χ4n) is 1.97. The molecule has 3 nitrogen and oxygen atoms in total. The number of thioether (sulfide) groups is 1. The summed E-state index contributed by atoms with van der Waals surface area (Å²) in [6.45, 7) is 0.312. The fraction of sp³-hybridized carbons (Fsp3) is 0.900. The number of carboxylic acids is 1. The van der Waals surface area contributed by atoms with E-state index >= 15 is 0 Å². The summed E-state index contributed by atoms with van der Waals surface area (Å²) >= 11 is -0.0290. The summed E-state index contributed by atoms with van der Waals surface area (Å²) < 4.78 is 35.5. The number of carbonyl (C=O) groups is 1. The van der Waals surface area contributed by atoms with Crippen molar-refractivity contribution in [3.8, 4) is 0 Å². The van der Waals surface area contributed by atoms with Crippen molar-refractivity contribution in [3.05, 3.63) is 0 Å². The van der Waals surface area contributed by atoms with E-state index in [-0.39, 0.29) is 29.5 Å². The molecule has 100 valence electrons. The molecular weight excluding hydrogens is 255 g/mol. The van der Waals surface area contributed by atoms with Gasteiger partial charge in [0.2, 0.25) is 0 Å². The van der Waals surface area contributed by atoms with E-state index in [0.29, 0.717) is 19.4 Å². The largest absolute Gasteiger partial charge is 0.481 e. The molecule has 0 aliphatic heterocycles. The lowest BCUT2D eigenvalue weighted by atomic mass is 9.86. The van der Waals surface area contributed by atoms with Crippen LogP contribution in [0, 0.1) is 5.92 Å². The third-order valence-corrected chi connectivity index (χ3v) is 3.61. The van der Waals surface area contributed by atoms with E-state index in [9.17, 15) is 18.0 Å². The van der Waals surface area contributed by atoms with Crippen LogP contribution in [0.5, 0.6) is 0 Å². The van der Waals surface area contributed by atoms with E-state index < -0.39 is 11.5 Å². The first kappa shape index (κ1) is 14.6. The minimum absolute atomic E-state index is 0.00234. The maximum Gasteiger partial charge on any atom is 0.441 e. The molecular formula is C10H16F3NO2S. The zero-order valence-corrected chi connectivity index (χ0v) is 10.1. The van der Waals surface area contributed by atoms with Gasteiger partial charge in [0.15, 0.2) is 0 Å². The second kappa shape index (κ2) is 6.49. The molecule has 0 aromatic carbocycles. The second-order valence-corrected chi connectivity index (χ2v) is 5.29. The van der Waals surface area contributed by atoms with Crippen molar-refractivity contribution in [2.45, 2.75) is 37.2 Å². The van der Waals surface area contributed by atoms with Crippen molar-refractivity contribution in [1.82, 2.24) is 5.32 Å². The first-order valence-electron chi connectivity index (χ1n) is 5.55. The molecule has 1 rings (SSSR count). The number of aliphatic carboxylic acids is 1. The highest BCUT2D eigenvalue weighted by Gasteiger charge is 2.28. The maximum atomic E-state index is 11.8. The lowest BCUT2D eigenvalue weighted by molar-refractivity contribution is -0.142. The van der Waals surface area contributed by atoms with Crippen molar-refractivity contribution in [2.75, 3.05) is 12.3 Å². The van der Waals surface area contributed by atoms with Gasteiger partial charge in [-0.3, -0.25) is 4.79 Å². The first-order valence-corrected chi connectivity index (χ1v) is 6.54. The molecule has 1 aliphatic rings. The molecule has 1 aliphatic carbocycles. The minimum Gasteiger partial charge on any atom is -0.481 e. The Morgan fingerprint density at radius 2 is 1.88 bits per heavy atom. The van der Waals surface area contributed by atoms with Crippen LogP contribution < -0.4 is 5.32 Å². The standard InChI is InChI=1S/C10H16F3NO2S/c11-10(12,13)17-6-5-14-8-3-1-7(2-4-8)9(15)16/h7-8,14H,1-6H2,(H,15,16). The maximum absolute atomic E-state index is 11.8. The molecule has 0 aromatic heterocycles. The van der Waals surface area contributed by atoms with Gasteiger partial charge in [0.05, 0.1) is 5.92 Å². The van der Waals surface area contributed by atoms with Gasteiger partial charge >= 0.3 is 11.5 Å². The third kappa shape index (κ3) is 6.16. The van der Waals surface area contributed by atoms with Crippen LogP contribution in [0.4, 0.5) is 13.2 Å². The van der Waals surface area contributed by atoms with Crippen LogP contribution in [-0.2, 0) is 4.79 Å². The molecule has 0 heterocycles. The van der Waals surface area contributed by atoms with Gasteiger partial charge in [0.25, 0.3) is 0 Å². The number of rotatable bonds is 5. The van der Waals surface area contributed by atoms with E-state index in [0.717, 1.165) is 12.8 Å². The average molecular weight is 271 g/mol. The molecule has 0 atom stereocenters. The molecule has 0 aromatic rings. The fourth-order valence-corrected chi connectivity index (χ4v) is 2.43. The van der Waals surface area contributed by atoms with Crippen LogP contribution in [0.25, 0.3) is 0 Å². The second-order valence-electron chi connectivity index (χ2n) is 4.14. The smallest absolute Gasteiger partial charge is 0.441 e. The van der Waals surface area contributed by atoms with E-state index in [1.807, 2.05) is 0 Å². The SMILES string of the molecule is O=C(O)C1CCC(NCCSC(F)(F)F)CC1. The van der Waals surface area contributed by atoms with Gasteiger partial charge in [-0.1, -0.05) is 0 Å². The Hall–Kier alpha value is -0.430. The van der Waals surface area contributed by atoms with Gasteiger partial charge in [-0.25, -0.2) is 0 Å². The third-order valence-electron chi connectivity index (χ3n) is 2.88. The summed E-state index contributed by atoms with van der Waals surface area (Å²) in [4.78, 5) is 10.7. The highest BCUT2D eigenvalue weighted by atomic mass is 32.2. The quantitative estimate of drug-likeness (QED) is 0.754. The van der Waals surface area contributed by atoms with Crippen molar-refractivity contribution in [2.24, 2.45) is 5.92 Å². The zero-order valence-electron chi connectivity index (χ0n) is 9.29. The summed E-state index contributed by atoms with van der Waals surface area (Å²) in [7, 11) is 0. The number of hydrogen-bond acceptors (Lipinski definition) is 3. The van der Waals surface area contributed by atoms with Gasteiger partial charge in [0, 0.05) is 18.3 Å². The summed E-state index contributed by atoms with van der Waals surface area (Å²) in [5.41, 5.74) is -4.16. The molecule has 0 radical (unpaired) electrons. The van der Waals surface area contributed by atoms with Crippen LogP contribution in [-0.4, -0.2) is 34.9 Å². The van der Waals surface area contributed by atoms with Crippen LogP contribution >= 0.6 is 11.8 Å². The molecule has 1 saturated carbocycles. The Labute approximate surface area is 102 Å². The average Bonchev–Trinajstić information content (AvgIpc) is 2.24. The molecule has 1 fully saturated rings. The molecule has 0 amide bonds. The van der Waals surface area contributed by atoms with Gasteiger partial charge < -0.3 is 10.4 Å². The number of nitrogens with one attached hydrogen (secondary N) is 1. The van der Waals surface area contributed by atoms with Gasteiger partial charge in [-0.2, -0.15) is 13.2 Å². The lowest BCUT2D eigenvalue weighted by Gasteiger charge is -2.26. The highest BCUT2D eigenvalue weighted by molar-refractivity contribution is 8.00. The highest BCUT2D eigenvalue weighted by Crippen LogP contribution is 2.29. The van der Waals surface area contributed by atoms with E-state index in [4.69, 9.17) is 5.11 Å². The van der Waals surface area contributed by atoms with Crippen molar-refractivity contribution in [3.63, 3.8) is 0 Å². The van der Waals surface area contributed by atoms with Crippen LogP contribution in [0.2, 0.25) is 0 Å². The summed E-state index contributed by atoms with van der Waals surface area (Å²) in [5.74, 6) is -1.05. The Morgan fingerprint density at radius 1 is 1.29 bits per heavy atom. The normalized spacial score (nSPS) is 25.8. The van der Waals surface area contributed by atoms with E-state index in [1.54, 1.807) is 0 Å². The molecule has 0 bridgehead atoms. The van der Waals surface area contributed by atoms with E-state index in [2.05, 4.69) is 5.32 Å². The number of carboxylic acid groups (broad SMARTS) is 1. The van der Waals surface area contributed by atoms with E-state index in [1.165, 1.54) is 0 Å². The summed E-state index contributed by atoms with van der Waals surface area (Å²) in [6, 6.07) is 0.166. The predicted molar refractivity (Wildman–Crippen MR) is 59.9 cm³/mol. The van der Waals surface area contributed by atoms with Crippen LogP contribution in [0.3, 0.4) is 0 Å². The Balaban J connectivity index is 2.09. The first-order chi connectivity index (χ1) is 7.88. The Morgan fingerprint density at radius 3 is 2.35 bits per heavy atom. The number of hydrogen-bond donors (Lipinski definition) is 2. The number of alkyl halides is 3. The van der Waals surface area contributed by atoms with Crippen LogP contribution in [0.15, 0.2) is 0 Å². The van der Waals surface area contributed by atoms with Crippen LogP contribution in [0.1, 0.15) is 25.7 Å². The van der Waals surface area contributed by atoms with Gasteiger partial charge in [-0.15, -0.1) is 0 Å². The minimum atomic E-state index is -4.16. The summed E-state index contributed by atoms with van der Waals surface area (Å²) in [6.07, 6.45) is 2.68. The monoisotopic (exact) mass is 271 g/mol. The molecule has 0 spiro atoms. The Bertz CT molecular complexity index is 252. The molecule has 7 heteroatoms.